The smallest absolute Gasteiger partial charge is 0.314 e. The number of hydrogen-bond donors (Lipinski definition) is 1. The molecule has 2 rings (SSSR count). The van der Waals surface area contributed by atoms with Crippen LogP contribution in [-0.4, -0.2) is 31.1 Å². The van der Waals surface area contributed by atoms with Gasteiger partial charge in [-0.15, -0.1) is 0 Å². The average Bonchev–Trinajstić information content (AvgIpc) is 2.37. The van der Waals surface area contributed by atoms with Crippen molar-refractivity contribution in [3.63, 3.8) is 0 Å². The van der Waals surface area contributed by atoms with Gasteiger partial charge in [-0.3, -0.25) is 4.90 Å². The molecule has 1 N–H and O–H groups in total. The van der Waals surface area contributed by atoms with Crippen LogP contribution >= 0.6 is 0 Å². The zero-order valence-corrected chi connectivity index (χ0v) is 13.1. The third-order valence-electron chi connectivity index (χ3n) is 3.95. The number of nitrogens with zero attached hydrogens (tertiary/aromatic N) is 1. The second-order valence-electron chi connectivity index (χ2n) is 6.78. The SMILES string of the molecule is CC(C)(C)[C@H](c1cc(F)ccc1C(F)(F)F)N1CCNCC1. The molecule has 0 unspecified atom stereocenters. The molecule has 1 aromatic carbocycles. The third-order valence-corrected chi connectivity index (χ3v) is 3.95. The van der Waals surface area contributed by atoms with Crippen molar-refractivity contribution in [3.8, 4) is 0 Å². The predicted octanol–water partition coefficient (Wildman–Crippen LogP) is 3.84. The Morgan fingerprint density at radius 3 is 2.18 bits per heavy atom. The molecule has 0 saturated carbocycles. The van der Waals surface area contributed by atoms with Crippen molar-refractivity contribution in [2.75, 3.05) is 26.2 Å². The van der Waals surface area contributed by atoms with Gasteiger partial charge in [0, 0.05) is 32.2 Å². The first-order valence-electron chi connectivity index (χ1n) is 7.42. The summed E-state index contributed by atoms with van der Waals surface area (Å²) in [7, 11) is 0. The highest BCUT2D eigenvalue weighted by molar-refractivity contribution is 5.34. The summed E-state index contributed by atoms with van der Waals surface area (Å²) >= 11 is 0. The van der Waals surface area contributed by atoms with Gasteiger partial charge in [-0.25, -0.2) is 4.39 Å². The van der Waals surface area contributed by atoms with Crippen molar-refractivity contribution >= 4 is 0 Å². The minimum Gasteiger partial charge on any atom is -0.314 e. The lowest BCUT2D eigenvalue weighted by atomic mass is 9.79. The van der Waals surface area contributed by atoms with Gasteiger partial charge in [0.05, 0.1) is 5.56 Å². The van der Waals surface area contributed by atoms with Crippen molar-refractivity contribution in [1.29, 1.82) is 0 Å². The minimum absolute atomic E-state index is 0.0295. The van der Waals surface area contributed by atoms with Gasteiger partial charge in [-0.1, -0.05) is 20.8 Å². The molecular weight excluding hydrogens is 296 g/mol. The van der Waals surface area contributed by atoms with Gasteiger partial charge in [-0.05, 0) is 29.2 Å². The maximum Gasteiger partial charge on any atom is 0.416 e. The second kappa shape index (κ2) is 6.16. The number of benzene rings is 1. The van der Waals surface area contributed by atoms with Crippen LogP contribution in [0.25, 0.3) is 0 Å². The van der Waals surface area contributed by atoms with E-state index in [1.165, 1.54) is 0 Å². The molecule has 1 aromatic rings. The second-order valence-corrected chi connectivity index (χ2v) is 6.78. The molecule has 1 fully saturated rings. The minimum atomic E-state index is -4.49. The Kier molecular flexibility index (Phi) is 4.82. The first-order chi connectivity index (χ1) is 10.1. The van der Waals surface area contributed by atoms with Crippen LogP contribution in [0.2, 0.25) is 0 Å². The number of halogens is 4. The van der Waals surface area contributed by atoms with Crippen LogP contribution in [0.15, 0.2) is 18.2 Å². The molecule has 1 saturated heterocycles. The number of rotatable bonds is 2. The van der Waals surface area contributed by atoms with Crippen molar-refractivity contribution in [1.82, 2.24) is 10.2 Å². The maximum absolute atomic E-state index is 13.7. The van der Waals surface area contributed by atoms with Crippen LogP contribution in [0, 0.1) is 11.2 Å². The van der Waals surface area contributed by atoms with Crippen molar-refractivity contribution in [3.05, 3.63) is 35.1 Å². The summed E-state index contributed by atoms with van der Waals surface area (Å²) in [6, 6.07) is 2.29. The first kappa shape index (κ1) is 17.2. The average molecular weight is 318 g/mol. The fourth-order valence-electron chi connectivity index (χ4n) is 3.17. The van der Waals surface area contributed by atoms with E-state index < -0.39 is 29.0 Å². The Hall–Kier alpha value is -1.14. The quantitative estimate of drug-likeness (QED) is 0.834. The van der Waals surface area contributed by atoms with Gasteiger partial charge in [-0.2, -0.15) is 13.2 Å². The molecule has 1 atom stereocenters. The summed E-state index contributed by atoms with van der Waals surface area (Å²) in [4.78, 5) is 2.01. The van der Waals surface area contributed by atoms with Gasteiger partial charge in [0.2, 0.25) is 0 Å². The first-order valence-corrected chi connectivity index (χ1v) is 7.42. The Bertz CT molecular complexity index is 514. The fraction of sp³-hybridized carbons (Fsp3) is 0.625. The summed E-state index contributed by atoms with van der Waals surface area (Å²) in [6.07, 6.45) is -4.49. The van der Waals surface area contributed by atoms with E-state index in [9.17, 15) is 17.6 Å². The summed E-state index contributed by atoms with van der Waals surface area (Å²) in [5.41, 5.74) is -1.15. The highest BCUT2D eigenvalue weighted by Crippen LogP contribution is 2.44. The van der Waals surface area contributed by atoms with E-state index in [0.717, 1.165) is 31.3 Å². The summed E-state index contributed by atoms with van der Waals surface area (Å²) in [5.74, 6) is -0.632. The molecule has 22 heavy (non-hydrogen) atoms. The number of alkyl halides is 3. The molecule has 0 aliphatic carbocycles. The molecule has 6 heteroatoms. The predicted molar refractivity (Wildman–Crippen MR) is 78.0 cm³/mol. The number of piperazine rings is 1. The normalized spacial score (nSPS) is 19.2. The van der Waals surface area contributed by atoms with Crippen LogP contribution in [0.3, 0.4) is 0 Å². The number of nitrogens with one attached hydrogen (secondary N) is 1. The molecule has 0 radical (unpaired) electrons. The lowest BCUT2D eigenvalue weighted by Gasteiger charge is -2.43. The van der Waals surface area contributed by atoms with Gasteiger partial charge in [0.15, 0.2) is 0 Å². The largest absolute Gasteiger partial charge is 0.416 e. The monoisotopic (exact) mass is 318 g/mol. The van der Waals surface area contributed by atoms with Gasteiger partial charge in [0.25, 0.3) is 0 Å². The fourth-order valence-corrected chi connectivity index (χ4v) is 3.17. The van der Waals surface area contributed by atoms with Crippen molar-refractivity contribution in [2.45, 2.75) is 33.0 Å². The topological polar surface area (TPSA) is 15.3 Å². The molecule has 1 aliphatic rings. The highest BCUT2D eigenvalue weighted by Gasteiger charge is 2.40. The molecular formula is C16H22F4N2. The Balaban J connectivity index is 2.54. The van der Waals surface area contributed by atoms with E-state index in [0.29, 0.717) is 13.1 Å². The Labute approximate surface area is 128 Å². The number of hydrogen-bond acceptors (Lipinski definition) is 2. The van der Waals surface area contributed by atoms with E-state index in [-0.39, 0.29) is 5.56 Å². The zero-order valence-electron chi connectivity index (χ0n) is 13.1. The van der Waals surface area contributed by atoms with Crippen LogP contribution < -0.4 is 5.32 Å². The van der Waals surface area contributed by atoms with E-state index in [1.54, 1.807) is 0 Å². The molecule has 1 aliphatic heterocycles. The maximum atomic E-state index is 13.7. The van der Waals surface area contributed by atoms with E-state index in [1.807, 2.05) is 25.7 Å². The Morgan fingerprint density at radius 1 is 1.09 bits per heavy atom. The molecule has 0 amide bonds. The van der Waals surface area contributed by atoms with E-state index in [2.05, 4.69) is 5.32 Å². The lowest BCUT2D eigenvalue weighted by molar-refractivity contribution is -0.139. The van der Waals surface area contributed by atoms with Crippen LogP contribution in [0.4, 0.5) is 17.6 Å². The zero-order chi connectivity index (χ0) is 16.5. The summed E-state index contributed by atoms with van der Waals surface area (Å²) in [5, 5.41) is 3.19. The molecule has 0 bridgehead atoms. The van der Waals surface area contributed by atoms with Crippen LogP contribution in [0.1, 0.15) is 37.9 Å². The molecule has 0 aromatic heterocycles. The summed E-state index contributed by atoms with van der Waals surface area (Å²) in [6.45, 7) is 8.43. The third kappa shape index (κ3) is 3.79. The Morgan fingerprint density at radius 2 is 1.68 bits per heavy atom. The molecule has 124 valence electrons. The highest BCUT2D eigenvalue weighted by atomic mass is 19.4. The summed E-state index contributed by atoms with van der Waals surface area (Å²) < 4.78 is 53.7. The van der Waals surface area contributed by atoms with Gasteiger partial charge < -0.3 is 5.32 Å². The van der Waals surface area contributed by atoms with Crippen LogP contribution in [0.5, 0.6) is 0 Å². The molecule has 0 spiro atoms. The van der Waals surface area contributed by atoms with E-state index in [4.69, 9.17) is 0 Å². The lowest BCUT2D eigenvalue weighted by Crippen LogP contribution is -2.48. The van der Waals surface area contributed by atoms with Crippen LogP contribution in [-0.2, 0) is 6.18 Å². The van der Waals surface area contributed by atoms with Crippen molar-refractivity contribution < 1.29 is 17.6 Å². The van der Waals surface area contributed by atoms with E-state index >= 15 is 0 Å². The van der Waals surface area contributed by atoms with Gasteiger partial charge >= 0.3 is 6.18 Å². The standard InChI is InChI=1S/C16H22F4N2/c1-15(2,3)14(22-8-6-21-7-9-22)12-10-11(17)4-5-13(12)16(18,19)20/h4-5,10,14,21H,6-9H2,1-3H3/t14-/m0/s1. The van der Waals surface area contributed by atoms with Gasteiger partial charge in [0.1, 0.15) is 5.82 Å². The molecule has 1 heterocycles. The van der Waals surface area contributed by atoms with Crippen molar-refractivity contribution in [2.24, 2.45) is 5.41 Å². The molecule has 2 nitrogen and oxygen atoms in total.